The van der Waals surface area contributed by atoms with Gasteiger partial charge in [0.2, 0.25) is 0 Å². The van der Waals surface area contributed by atoms with Crippen LogP contribution in [0.25, 0.3) is 0 Å². The third kappa shape index (κ3) is 1.18. The average Bonchev–Trinajstić information content (AvgIpc) is 2.88. The topological polar surface area (TPSA) is 57.9 Å². The number of rotatable bonds is 3. The fourth-order valence-corrected chi connectivity index (χ4v) is 2.71. The number of hydrogen-bond donors (Lipinski definition) is 2. The molecule has 4 heteroatoms. The molecule has 4 rings (SSSR count). The largest absolute Gasteiger partial charge is 0.326 e. The molecule has 2 aliphatic heterocycles. The zero-order valence-corrected chi connectivity index (χ0v) is 8.19. The molecule has 3 atom stereocenters. The maximum Gasteiger partial charge on any atom is 0.0519 e. The molecule has 3 aliphatic rings. The first kappa shape index (κ1) is 8.44. The lowest BCUT2D eigenvalue weighted by Crippen LogP contribution is -2.49. The van der Waals surface area contributed by atoms with Crippen molar-refractivity contribution < 1.29 is 0 Å². The lowest BCUT2D eigenvalue weighted by atomic mass is 9.81. The van der Waals surface area contributed by atoms with Gasteiger partial charge in [-0.25, -0.2) is 0 Å². The number of nitrogens with one attached hydrogen (secondary N) is 1. The SMILES string of the molecule is NC1C2CC1N(CCc1cn[nH]c1)C2. The number of hydrogen-bond acceptors (Lipinski definition) is 3. The molecule has 1 aliphatic carbocycles. The van der Waals surface area contributed by atoms with Crippen molar-refractivity contribution in [2.75, 3.05) is 13.1 Å². The minimum Gasteiger partial charge on any atom is -0.326 e. The van der Waals surface area contributed by atoms with Crippen molar-refractivity contribution in [2.24, 2.45) is 11.7 Å². The molecule has 3 N–H and O–H groups in total. The van der Waals surface area contributed by atoms with Gasteiger partial charge in [-0.1, -0.05) is 0 Å². The minimum atomic E-state index is 0.458. The van der Waals surface area contributed by atoms with Crippen LogP contribution in [0.2, 0.25) is 0 Å². The van der Waals surface area contributed by atoms with Gasteiger partial charge in [0.05, 0.1) is 6.20 Å². The third-order valence-electron chi connectivity index (χ3n) is 3.71. The third-order valence-corrected chi connectivity index (χ3v) is 3.71. The van der Waals surface area contributed by atoms with Gasteiger partial charge in [0, 0.05) is 31.4 Å². The summed E-state index contributed by atoms with van der Waals surface area (Å²) >= 11 is 0. The van der Waals surface area contributed by atoms with Crippen molar-refractivity contribution in [3.05, 3.63) is 18.0 Å². The summed E-state index contributed by atoms with van der Waals surface area (Å²) in [5.74, 6) is 0.782. The van der Waals surface area contributed by atoms with Gasteiger partial charge >= 0.3 is 0 Å². The summed E-state index contributed by atoms with van der Waals surface area (Å²) in [5.41, 5.74) is 7.30. The second-order valence-electron chi connectivity index (χ2n) is 4.49. The minimum absolute atomic E-state index is 0.458. The van der Waals surface area contributed by atoms with Gasteiger partial charge in [0.1, 0.15) is 0 Å². The number of H-pyrrole nitrogens is 1. The molecule has 4 nitrogen and oxygen atoms in total. The smallest absolute Gasteiger partial charge is 0.0519 e. The fourth-order valence-electron chi connectivity index (χ4n) is 2.71. The highest BCUT2D eigenvalue weighted by molar-refractivity contribution is 5.09. The monoisotopic (exact) mass is 192 g/mol. The van der Waals surface area contributed by atoms with Crippen LogP contribution in [-0.4, -0.2) is 40.3 Å². The van der Waals surface area contributed by atoms with E-state index in [0.717, 1.165) is 18.9 Å². The second-order valence-corrected chi connectivity index (χ2v) is 4.49. The van der Waals surface area contributed by atoms with Crippen molar-refractivity contribution in [3.8, 4) is 0 Å². The predicted octanol–water partition coefficient (Wildman–Crippen LogP) is -0.0164. The Morgan fingerprint density at radius 3 is 3.14 bits per heavy atom. The maximum absolute atomic E-state index is 6.01. The second kappa shape index (κ2) is 3.07. The highest BCUT2D eigenvalue weighted by Crippen LogP contribution is 2.39. The fraction of sp³-hybridized carbons (Fsp3) is 0.700. The first-order valence-corrected chi connectivity index (χ1v) is 5.32. The Bertz CT molecular complexity index is 308. The van der Waals surface area contributed by atoms with Crippen LogP contribution in [0.5, 0.6) is 0 Å². The molecular formula is C10H16N4. The summed E-state index contributed by atoms with van der Waals surface area (Å²) in [5, 5.41) is 6.79. The van der Waals surface area contributed by atoms with Gasteiger partial charge < -0.3 is 5.73 Å². The molecular weight excluding hydrogens is 176 g/mol. The number of fused-ring (bicyclic) bond motifs is 1. The van der Waals surface area contributed by atoms with Crippen molar-refractivity contribution in [1.82, 2.24) is 15.1 Å². The van der Waals surface area contributed by atoms with E-state index in [1.54, 1.807) is 0 Å². The molecule has 3 heterocycles. The molecule has 3 fully saturated rings. The van der Waals surface area contributed by atoms with Gasteiger partial charge in [-0.05, 0) is 24.3 Å². The molecule has 1 aromatic heterocycles. The zero-order chi connectivity index (χ0) is 9.54. The Hall–Kier alpha value is -0.870. The first-order valence-electron chi connectivity index (χ1n) is 5.32. The van der Waals surface area contributed by atoms with Gasteiger partial charge in [-0.2, -0.15) is 5.10 Å². The van der Waals surface area contributed by atoms with Crippen molar-refractivity contribution in [2.45, 2.75) is 24.9 Å². The molecule has 0 aromatic carbocycles. The molecule has 2 saturated heterocycles. The van der Waals surface area contributed by atoms with Gasteiger partial charge in [-0.15, -0.1) is 0 Å². The van der Waals surface area contributed by atoms with E-state index >= 15 is 0 Å². The predicted molar refractivity (Wildman–Crippen MR) is 53.7 cm³/mol. The summed E-state index contributed by atoms with van der Waals surface area (Å²) < 4.78 is 0. The standard InChI is InChI=1S/C10H16N4/c11-10-8-3-9(10)14(6-8)2-1-7-4-12-13-5-7/h4-5,8-10H,1-3,6,11H2,(H,12,13). The molecule has 2 bridgehead atoms. The van der Waals surface area contributed by atoms with E-state index in [-0.39, 0.29) is 0 Å². The van der Waals surface area contributed by atoms with E-state index in [2.05, 4.69) is 15.1 Å². The lowest BCUT2D eigenvalue weighted by molar-refractivity contribution is 0.215. The van der Waals surface area contributed by atoms with Crippen molar-refractivity contribution in [1.29, 1.82) is 0 Å². The Kier molecular flexibility index (Phi) is 1.85. The van der Waals surface area contributed by atoms with E-state index in [0.29, 0.717) is 12.1 Å². The van der Waals surface area contributed by atoms with E-state index in [9.17, 15) is 0 Å². The molecule has 1 aromatic rings. The highest BCUT2D eigenvalue weighted by Gasteiger charge is 2.49. The molecule has 0 radical (unpaired) electrons. The molecule has 0 amide bonds. The lowest BCUT2D eigenvalue weighted by Gasteiger charge is -2.33. The van der Waals surface area contributed by atoms with E-state index in [1.807, 2.05) is 12.4 Å². The molecule has 1 saturated carbocycles. The van der Waals surface area contributed by atoms with Crippen LogP contribution in [0.15, 0.2) is 12.4 Å². The molecule has 3 unspecified atom stereocenters. The van der Waals surface area contributed by atoms with E-state index in [4.69, 9.17) is 5.73 Å². The molecule has 0 spiro atoms. The van der Waals surface area contributed by atoms with Crippen LogP contribution in [-0.2, 0) is 6.42 Å². The normalized spacial score (nSPS) is 35.9. The van der Waals surface area contributed by atoms with Crippen LogP contribution in [0.3, 0.4) is 0 Å². The first-order chi connectivity index (χ1) is 6.84. The number of nitrogens with zero attached hydrogens (tertiary/aromatic N) is 2. The Morgan fingerprint density at radius 1 is 1.64 bits per heavy atom. The quantitative estimate of drug-likeness (QED) is 0.708. The summed E-state index contributed by atoms with van der Waals surface area (Å²) in [7, 11) is 0. The zero-order valence-electron chi connectivity index (χ0n) is 8.19. The van der Waals surface area contributed by atoms with E-state index < -0.39 is 0 Å². The average molecular weight is 192 g/mol. The maximum atomic E-state index is 6.01. The van der Waals surface area contributed by atoms with Crippen LogP contribution in [0, 0.1) is 5.92 Å². The Balaban J connectivity index is 1.55. The van der Waals surface area contributed by atoms with Crippen molar-refractivity contribution in [3.63, 3.8) is 0 Å². The molecule has 14 heavy (non-hydrogen) atoms. The van der Waals surface area contributed by atoms with Crippen LogP contribution in [0.4, 0.5) is 0 Å². The number of aromatic nitrogens is 2. The van der Waals surface area contributed by atoms with Gasteiger partial charge in [0.25, 0.3) is 0 Å². The van der Waals surface area contributed by atoms with E-state index in [1.165, 1.54) is 18.5 Å². The van der Waals surface area contributed by atoms with Gasteiger partial charge in [-0.3, -0.25) is 10.00 Å². The van der Waals surface area contributed by atoms with Crippen LogP contribution in [0.1, 0.15) is 12.0 Å². The summed E-state index contributed by atoms with van der Waals surface area (Å²) in [4.78, 5) is 2.53. The van der Waals surface area contributed by atoms with Crippen LogP contribution >= 0.6 is 0 Å². The summed E-state index contributed by atoms with van der Waals surface area (Å²) in [6, 6.07) is 1.13. The van der Waals surface area contributed by atoms with Gasteiger partial charge in [0.15, 0.2) is 0 Å². The molecule has 76 valence electrons. The van der Waals surface area contributed by atoms with Crippen LogP contribution < -0.4 is 5.73 Å². The summed E-state index contributed by atoms with van der Waals surface area (Å²) in [6.45, 7) is 2.35. The number of aromatic amines is 1. The summed E-state index contributed by atoms with van der Waals surface area (Å²) in [6.07, 6.45) is 6.29. The van der Waals surface area contributed by atoms with Crippen molar-refractivity contribution >= 4 is 0 Å². The Morgan fingerprint density at radius 2 is 2.57 bits per heavy atom. The Labute approximate surface area is 83.5 Å². The highest BCUT2D eigenvalue weighted by atomic mass is 15.2. The number of nitrogens with two attached hydrogens (primary N) is 1.